The van der Waals surface area contributed by atoms with Gasteiger partial charge in [-0.3, -0.25) is 9.59 Å². The summed E-state index contributed by atoms with van der Waals surface area (Å²) >= 11 is 0. The second-order valence-corrected chi connectivity index (χ2v) is 6.19. The van der Waals surface area contributed by atoms with E-state index in [1.807, 2.05) is 18.2 Å². The Morgan fingerprint density at radius 3 is 2.40 bits per heavy atom. The number of rotatable bonds is 8. The number of unbranched alkanes of at least 4 members (excludes halogenated alkanes) is 1. The van der Waals surface area contributed by atoms with E-state index in [4.69, 9.17) is 4.74 Å². The van der Waals surface area contributed by atoms with E-state index in [2.05, 4.69) is 29.3 Å². The first kappa shape index (κ1) is 19.2. The summed E-state index contributed by atoms with van der Waals surface area (Å²) in [5.74, 6) is -0.943. The summed E-state index contributed by atoms with van der Waals surface area (Å²) in [4.78, 5) is 28.0. The first-order valence-electron chi connectivity index (χ1n) is 9.17. The maximum Gasteiger partial charge on any atom is 0.312 e. The molecule has 25 heavy (non-hydrogen) atoms. The molecule has 1 aliphatic heterocycles. The third-order valence-corrected chi connectivity index (χ3v) is 4.28. The molecule has 2 rings (SSSR count). The van der Waals surface area contributed by atoms with Crippen LogP contribution in [0.15, 0.2) is 30.3 Å². The first-order valence-corrected chi connectivity index (χ1v) is 9.17. The van der Waals surface area contributed by atoms with E-state index in [1.54, 1.807) is 4.90 Å². The number of benzene rings is 1. The molecule has 0 aromatic heterocycles. The maximum absolute atomic E-state index is 12.2. The van der Waals surface area contributed by atoms with Crippen molar-refractivity contribution in [2.24, 2.45) is 0 Å². The van der Waals surface area contributed by atoms with E-state index in [0.717, 1.165) is 44.6 Å². The lowest BCUT2D eigenvalue weighted by molar-refractivity contribution is -0.146. The number of amides is 2. The third-order valence-electron chi connectivity index (χ3n) is 4.28. The Morgan fingerprint density at radius 2 is 1.72 bits per heavy atom. The van der Waals surface area contributed by atoms with Crippen LogP contribution in [-0.2, 0) is 14.3 Å². The van der Waals surface area contributed by atoms with Crippen molar-refractivity contribution in [2.75, 3.05) is 50.8 Å². The van der Waals surface area contributed by atoms with E-state index in [1.165, 1.54) is 0 Å². The van der Waals surface area contributed by atoms with E-state index in [9.17, 15) is 9.59 Å². The largest absolute Gasteiger partial charge is 0.381 e. The van der Waals surface area contributed by atoms with Gasteiger partial charge in [-0.05, 0) is 25.0 Å². The Kier molecular flexibility index (Phi) is 8.25. The van der Waals surface area contributed by atoms with Crippen molar-refractivity contribution >= 4 is 17.5 Å². The zero-order valence-corrected chi connectivity index (χ0v) is 15.1. The van der Waals surface area contributed by atoms with Gasteiger partial charge in [-0.15, -0.1) is 0 Å². The average molecular weight is 347 g/mol. The molecule has 0 unspecified atom stereocenters. The number of nitrogens with one attached hydrogen (secondary N) is 1. The van der Waals surface area contributed by atoms with Crippen molar-refractivity contribution in [3.05, 3.63) is 30.3 Å². The van der Waals surface area contributed by atoms with Crippen molar-refractivity contribution in [2.45, 2.75) is 26.2 Å². The van der Waals surface area contributed by atoms with E-state index < -0.39 is 11.8 Å². The van der Waals surface area contributed by atoms with Crippen molar-refractivity contribution < 1.29 is 14.3 Å². The number of ether oxygens (including phenoxy) is 1. The Morgan fingerprint density at radius 1 is 1.04 bits per heavy atom. The summed E-state index contributed by atoms with van der Waals surface area (Å²) in [5, 5.41) is 2.69. The molecule has 1 fully saturated rings. The summed E-state index contributed by atoms with van der Waals surface area (Å²) in [6.45, 7) is 6.60. The third kappa shape index (κ3) is 6.38. The second kappa shape index (κ2) is 10.7. The summed E-state index contributed by atoms with van der Waals surface area (Å²) in [6, 6.07) is 10.1. The number of para-hydroxylation sites is 1. The molecule has 1 aliphatic rings. The van der Waals surface area contributed by atoms with Gasteiger partial charge in [0.2, 0.25) is 0 Å². The number of hydrogen-bond donors (Lipinski definition) is 1. The van der Waals surface area contributed by atoms with Crippen LogP contribution in [0.25, 0.3) is 0 Å². The molecule has 0 radical (unpaired) electrons. The van der Waals surface area contributed by atoms with Crippen molar-refractivity contribution in [1.29, 1.82) is 0 Å². The molecular formula is C19H29N3O3. The topological polar surface area (TPSA) is 61.9 Å². The van der Waals surface area contributed by atoms with Gasteiger partial charge < -0.3 is 19.9 Å². The normalized spacial score (nSPS) is 14.4. The molecule has 0 spiro atoms. The molecule has 6 heteroatoms. The number of nitrogens with zero attached hydrogens (tertiary/aromatic N) is 2. The van der Waals surface area contributed by atoms with Gasteiger partial charge in [-0.1, -0.05) is 31.5 Å². The molecule has 6 nitrogen and oxygen atoms in total. The number of piperazine rings is 1. The van der Waals surface area contributed by atoms with Gasteiger partial charge in [0.15, 0.2) is 0 Å². The first-order chi connectivity index (χ1) is 12.2. The molecular weight excluding hydrogens is 318 g/mol. The van der Waals surface area contributed by atoms with Crippen LogP contribution in [0.5, 0.6) is 0 Å². The molecule has 138 valence electrons. The number of hydrogen-bond acceptors (Lipinski definition) is 4. The lowest BCUT2D eigenvalue weighted by Gasteiger charge is -2.35. The van der Waals surface area contributed by atoms with Gasteiger partial charge in [0, 0.05) is 51.6 Å². The predicted molar refractivity (Wildman–Crippen MR) is 98.6 cm³/mol. The average Bonchev–Trinajstić information content (AvgIpc) is 2.67. The molecule has 0 saturated carbocycles. The lowest BCUT2D eigenvalue weighted by atomic mass is 10.2. The zero-order valence-electron chi connectivity index (χ0n) is 15.1. The van der Waals surface area contributed by atoms with Crippen LogP contribution in [0.4, 0.5) is 5.69 Å². The fourth-order valence-electron chi connectivity index (χ4n) is 2.75. The summed E-state index contributed by atoms with van der Waals surface area (Å²) in [7, 11) is 0. The molecule has 1 heterocycles. The SMILES string of the molecule is CCCCOCCCNC(=O)C(=O)N1CCN(c2ccccc2)CC1. The molecule has 1 aromatic rings. The van der Waals surface area contributed by atoms with Crippen LogP contribution in [0, 0.1) is 0 Å². The van der Waals surface area contributed by atoms with Crippen molar-refractivity contribution in [3.63, 3.8) is 0 Å². The van der Waals surface area contributed by atoms with Gasteiger partial charge in [0.1, 0.15) is 0 Å². The zero-order chi connectivity index (χ0) is 17.9. The summed E-state index contributed by atoms with van der Waals surface area (Å²) in [6.07, 6.45) is 2.90. The van der Waals surface area contributed by atoms with Crippen LogP contribution < -0.4 is 10.2 Å². The minimum atomic E-state index is -0.512. The fourth-order valence-corrected chi connectivity index (χ4v) is 2.75. The molecule has 0 bridgehead atoms. The van der Waals surface area contributed by atoms with E-state index >= 15 is 0 Å². The molecule has 1 saturated heterocycles. The highest BCUT2D eigenvalue weighted by Crippen LogP contribution is 2.15. The van der Waals surface area contributed by atoms with Gasteiger partial charge in [-0.2, -0.15) is 0 Å². The Bertz CT molecular complexity index is 528. The van der Waals surface area contributed by atoms with Crippen molar-refractivity contribution in [1.82, 2.24) is 10.2 Å². The van der Waals surface area contributed by atoms with Crippen LogP contribution in [0.1, 0.15) is 26.2 Å². The van der Waals surface area contributed by atoms with Gasteiger partial charge in [-0.25, -0.2) is 0 Å². The Hall–Kier alpha value is -2.08. The molecule has 1 N–H and O–H groups in total. The quantitative estimate of drug-likeness (QED) is 0.574. The Labute approximate surface area is 150 Å². The van der Waals surface area contributed by atoms with E-state index in [0.29, 0.717) is 26.2 Å². The molecule has 1 aromatic carbocycles. The van der Waals surface area contributed by atoms with Crippen LogP contribution >= 0.6 is 0 Å². The van der Waals surface area contributed by atoms with Gasteiger partial charge in [0.25, 0.3) is 0 Å². The van der Waals surface area contributed by atoms with Crippen LogP contribution in [0.2, 0.25) is 0 Å². The number of carbonyl (C=O) groups is 2. The van der Waals surface area contributed by atoms with Gasteiger partial charge in [0.05, 0.1) is 0 Å². The minimum Gasteiger partial charge on any atom is -0.381 e. The van der Waals surface area contributed by atoms with Gasteiger partial charge >= 0.3 is 11.8 Å². The number of anilines is 1. The minimum absolute atomic E-state index is 0.431. The monoisotopic (exact) mass is 347 g/mol. The number of carbonyl (C=O) groups excluding carboxylic acids is 2. The highest BCUT2D eigenvalue weighted by molar-refractivity contribution is 6.35. The second-order valence-electron chi connectivity index (χ2n) is 6.19. The highest BCUT2D eigenvalue weighted by atomic mass is 16.5. The maximum atomic E-state index is 12.2. The molecule has 0 atom stereocenters. The predicted octanol–water partition coefficient (Wildman–Crippen LogP) is 1.66. The lowest BCUT2D eigenvalue weighted by Crippen LogP contribution is -2.52. The molecule has 0 aliphatic carbocycles. The fraction of sp³-hybridized carbons (Fsp3) is 0.579. The van der Waals surface area contributed by atoms with E-state index in [-0.39, 0.29) is 0 Å². The standard InChI is InChI=1S/C19H29N3O3/c1-2-3-15-25-16-7-10-20-18(23)19(24)22-13-11-21(12-14-22)17-8-5-4-6-9-17/h4-6,8-9H,2-3,7,10-16H2,1H3,(H,20,23). The van der Waals surface area contributed by atoms with Crippen molar-refractivity contribution in [3.8, 4) is 0 Å². The summed E-state index contributed by atoms with van der Waals surface area (Å²) < 4.78 is 5.43. The summed E-state index contributed by atoms with van der Waals surface area (Å²) in [5.41, 5.74) is 1.15. The molecule has 2 amide bonds. The van der Waals surface area contributed by atoms with Crippen LogP contribution in [0.3, 0.4) is 0 Å². The Balaban J connectivity index is 1.63. The highest BCUT2D eigenvalue weighted by Gasteiger charge is 2.25. The van der Waals surface area contributed by atoms with Crippen LogP contribution in [-0.4, -0.2) is 62.7 Å². The smallest absolute Gasteiger partial charge is 0.312 e.